The molecule has 2 heterocycles. The molecule has 3 rings (SSSR count). The third-order valence-corrected chi connectivity index (χ3v) is 4.89. The van der Waals surface area contributed by atoms with Gasteiger partial charge in [0.2, 0.25) is 0 Å². The number of nitrogens with zero attached hydrogens (tertiary/aromatic N) is 1. The molecule has 9 nitrogen and oxygen atoms in total. The van der Waals surface area contributed by atoms with Gasteiger partial charge in [-0.3, -0.25) is 4.90 Å². The number of anilines is 1. The number of carboxylic acids is 3. The van der Waals surface area contributed by atoms with E-state index in [0.29, 0.717) is 43.5 Å². The van der Waals surface area contributed by atoms with Gasteiger partial charge < -0.3 is 26.0 Å². The Hall–Kier alpha value is -3.43. The number of fused-ring (bicyclic) bond motifs is 1. The summed E-state index contributed by atoms with van der Waals surface area (Å²) in [7, 11) is 0. The van der Waals surface area contributed by atoms with Gasteiger partial charge >= 0.3 is 17.9 Å². The van der Waals surface area contributed by atoms with Crippen LogP contribution in [0.5, 0.6) is 0 Å². The Morgan fingerprint density at radius 1 is 1.03 bits per heavy atom. The Labute approximate surface area is 166 Å². The average molecular weight is 399 g/mol. The van der Waals surface area contributed by atoms with Crippen molar-refractivity contribution >= 4 is 29.7 Å². The molecule has 1 fully saturated rings. The maximum absolute atomic E-state index is 12.2. The molecule has 0 amide bonds. The lowest BCUT2D eigenvalue weighted by Crippen LogP contribution is -2.63. The number of aliphatic carboxylic acids is 3. The lowest BCUT2D eigenvalue weighted by molar-refractivity contribution is -0.136. The molecule has 0 saturated carbocycles. The van der Waals surface area contributed by atoms with Gasteiger partial charge in [-0.15, -0.1) is 0 Å². The molecular weight excluding hydrogens is 378 g/mol. The van der Waals surface area contributed by atoms with E-state index in [1.807, 2.05) is 4.90 Å². The minimum Gasteiger partial charge on any atom is -0.478 e. The SMILES string of the molecule is O=C(O)C=CC1=Cc2ccccc2NC1(C(=CC(=O)O)C(=O)O)N1CCNCC1. The molecule has 1 saturated heterocycles. The fraction of sp³-hybridized carbons (Fsp3) is 0.250. The molecule has 1 unspecified atom stereocenters. The first-order valence-corrected chi connectivity index (χ1v) is 8.99. The number of piperazine rings is 1. The topological polar surface area (TPSA) is 139 Å². The molecule has 0 radical (unpaired) electrons. The smallest absolute Gasteiger partial charge is 0.336 e. The summed E-state index contributed by atoms with van der Waals surface area (Å²) in [5.74, 6) is -4.01. The first kappa shape index (κ1) is 20.3. The molecule has 1 aromatic carbocycles. The van der Waals surface area contributed by atoms with Gasteiger partial charge in [0, 0.05) is 44.0 Å². The van der Waals surface area contributed by atoms with Gasteiger partial charge in [0.1, 0.15) is 0 Å². The standard InChI is InChI=1S/C20H21N3O6/c24-17(25)6-5-14-11-13-3-1-2-4-16(13)22-20(14,23-9-7-21-8-10-23)15(19(28)29)12-18(26)27/h1-6,11-12,21-22H,7-10H2,(H,24,25)(H,26,27)(H,28,29). The molecule has 1 aromatic rings. The molecular formula is C20H21N3O6. The Bertz CT molecular complexity index is 930. The van der Waals surface area contributed by atoms with Crippen molar-refractivity contribution < 1.29 is 29.7 Å². The van der Waals surface area contributed by atoms with Crippen LogP contribution in [-0.4, -0.2) is 70.0 Å². The number of para-hydroxylation sites is 1. The maximum Gasteiger partial charge on any atom is 0.336 e. The number of hydrogen-bond donors (Lipinski definition) is 5. The van der Waals surface area contributed by atoms with E-state index < -0.39 is 29.1 Å². The monoisotopic (exact) mass is 399 g/mol. The van der Waals surface area contributed by atoms with Crippen LogP contribution in [0.4, 0.5) is 5.69 Å². The summed E-state index contributed by atoms with van der Waals surface area (Å²) in [5, 5.41) is 34.8. The molecule has 152 valence electrons. The minimum atomic E-state index is -1.55. The van der Waals surface area contributed by atoms with Gasteiger partial charge in [0.15, 0.2) is 5.66 Å². The summed E-state index contributed by atoms with van der Waals surface area (Å²) in [4.78, 5) is 36.7. The normalized spacial score (nSPS) is 22.5. The van der Waals surface area contributed by atoms with Crippen LogP contribution >= 0.6 is 0 Å². The van der Waals surface area contributed by atoms with Gasteiger partial charge in [0.25, 0.3) is 0 Å². The Kier molecular flexibility index (Phi) is 5.81. The fourth-order valence-electron chi connectivity index (χ4n) is 3.70. The molecule has 5 N–H and O–H groups in total. The molecule has 29 heavy (non-hydrogen) atoms. The van der Waals surface area contributed by atoms with E-state index in [9.17, 15) is 24.6 Å². The Morgan fingerprint density at radius 2 is 1.72 bits per heavy atom. The summed E-state index contributed by atoms with van der Waals surface area (Å²) < 4.78 is 0. The zero-order valence-corrected chi connectivity index (χ0v) is 15.5. The van der Waals surface area contributed by atoms with Crippen LogP contribution in [0, 0.1) is 0 Å². The van der Waals surface area contributed by atoms with E-state index in [-0.39, 0.29) is 0 Å². The van der Waals surface area contributed by atoms with Crippen molar-refractivity contribution in [1.82, 2.24) is 10.2 Å². The van der Waals surface area contributed by atoms with Crippen LogP contribution in [0.1, 0.15) is 5.56 Å². The molecule has 2 aliphatic rings. The number of carboxylic acid groups (broad SMARTS) is 3. The predicted molar refractivity (Wildman–Crippen MR) is 105 cm³/mol. The van der Waals surface area contributed by atoms with Crippen molar-refractivity contribution in [2.24, 2.45) is 0 Å². The number of rotatable bonds is 6. The van der Waals surface area contributed by atoms with Crippen LogP contribution in [0.25, 0.3) is 6.08 Å². The molecule has 0 aromatic heterocycles. The van der Waals surface area contributed by atoms with Gasteiger partial charge in [-0.05, 0) is 29.4 Å². The Balaban J connectivity index is 2.30. The predicted octanol–water partition coefficient (Wildman–Crippen LogP) is 0.833. The Morgan fingerprint density at radius 3 is 2.34 bits per heavy atom. The summed E-state index contributed by atoms with van der Waals surface area (Å²) in [6.07, 6.45) is 4.57. The van der Waals surface area contributed by atoms with Crippen LogP contribution in [0.2, 0.25) is 0 Å². The van der Waals surface area contributed by atoms with Crippen molar-refractivity contribution in [2.45, 2.75) is 5.66 Å². The van der Waals surface area contributed by atoms with Crippen molar-refractivity contribution in [1.29, 1.82) is 0 Å². The van der Waals surface area contributed by atoms with E-state index in [1.165, 1.54) is 6.08 Å². The summed E-state index contributed by atoms with van der Waals surface area (Å²) in [6, 6.07) is 7.15. The highest BCUT2D eigenvalue weighted by Crippen LogP contribution is 2.41. The first-order valence-electron chi connectivity index (χ1n) is 8.99. The van der Waals surface area contributed by atoms with Gasteiger partial charge in [-0.25, -0.2) is 14.4 Å². The number of nitrogens with one attached hydrogen (secondary N) is 2. The highest BCUT2D eigenvalue weighted by atomic mass is 16.4. The lowest BCUT2D eigenvalue weighted by Gasteiger charge is -2.49. The van der Waals surface area contributed by atoms with Gasteiger partial charge in [0.05, 0.1) is 5.57 Å². The maximum atomic E-state index is 12.2. The largest absolute Gasteiger partial charge is 0.478 e. The van der Waals surface area contributed by atoms with Crippen LogP contribution < -0.4 is 10.6 Å². The van der Waals surface area contributed by atoms with Gasteiger partial charge in [-0.1, -0.05) is 18.2 Å². The first-order chi connectivity index (χ1) is 13.8. The second-order valence-electron chi connectivity index (χ2n) is 6.63. The zero-order valence-electron chi connectivity index (χ0n) is 15.5. The van der Waals surface area contributed by atoms with Crippen molar-refractivity contribution in [3.8, 4) is 0 Å². The second kappa shape index (κ2) is 8.29. The quantitative estimate of drug-likeness (QED) is 0.440. The molecule has 1 atom stereocenters. The summed E-state index contributed by atoms with van der Waals surface area (Å²) in [5.41, 5.74) is -0.260. The lowest BCUT2D eigenvalue weighted by atomic mass is 9.82. The van der Waals surface area contributed by atoms with Gasteiger partial charge in [-0.2, -0.15) is 0 Å². The number of carbonyl (C=O) groups is 3. The van der Waals surface area contributed by atoms with E-state index >= 15 is 0 Å². The third-order valence-electron chi connectivity index (χ3n) is 4.89. The van der Waals surface area contributed by atoms with Crippen molar-refractivity contribution in [2.75, 3.05) is 31.5 Å². The van der Waals surface area contributed by atoms with E-state index in [1.54, 1.807) is 30.3 Å². The fourth-order valence-corrected chi connectivity index (χ4v) is 3.70. The highest BCUT2D eigenvalue weighted by molar-refractivity contribution is 6.00. The van der Waals surface area contributed by atoms with Crippen LogP contribution in [0.3, 0.4) is 0 Å². The van der Waals surface area contributed by atoms with E-state index in [2.05, 4.69) is 10.6 Å². The average Bonchev–Trinajstić information content (AvgIpc) is 2.70. The van der Waals surface area contributed by atoms with Crippen molar-refractivity contribution in [3.63, 3.8) is 0 Å². The zero-order chi connectivity index (χ0) is 21.0. The molecule has 0 spiro atoms. The number of benzene rings is 1. The van der Waals surface area contributed by atoms with Crippen LogP contribution in [0.15, 0.2) is 53.6 Å². The van der Waals surface area contributed by atoms with E-state index in [4.69, 9.17) is 5.11 Å². The third kappa shape index (κ3) is 4.05. The van der Waals surface area contributed by atoms with Crippen molar-refractivity contribution in [3.05, 3.63) is 59.2 Å². The molecule has 2 aliphatic heterocycles. The highest BCUT2D eigenvalue weighted by Gasteiger charge is 2.48. The molecule has 0 aliphatic carbocycles. The summed E-state index contributed by atoms with van der Waals surface area (Å²) >= 11 is 0. The molecule has 0 bridgehead atoms. The minimum absolute atomic E-state index is 0.329. The van der Waals surface area contributed by atoms with Crippen LogP contribution in [-0.2, 0) is 14.4 Å². The second-order valence-corrected chi connectivity index (χ2v) is 6.63. The van der Waals surface area contributed by atoms with E-state index in [0.717, 1.165) is 11.6 Å². The number of hydrogen-bond acceptors (Lipinski definition) is 6. The summed E-state index contributed by atoms with van der Waals surface area (Å²) in [6.45, 7) is 2.00. The molecule has 9 heteroatoms.